The number of rotatable bonds is 5. The Morgan fingerprint density at radius 1 is 0.913 bits per heavy atom. The Labute approximate surface area is 274 Å². The van der Waals surface area contributed by atoms with Gasteiger partial charge >= 0.3 is 11.9 Å². The lowest BCUT2D eigenvalue weighted by molar-refractivity contribution is -0.245. The summed E-state index contributed by atoms with van der Waals surface area (Å²) in [5.74, 6) is -0.702. The lowest BCUT2D eigenvalue weighted by Gasteiger charge is -2.71. The number of benzene rings is 1. The highest BCUT2D eigenvalue weighted by atomic mass is 16.5. The Bertz CT molecular complexity index is 1440. The van der Waals surface area contributed by atoms with E-state index < -0.39 is 35.0 Å². The molecule has 0 aliphatic heterocycles. The predicted octanol–water partition coefficient (Wildman–Crippen LogP) is 7.15. The summed E-state index contributed by atoms with van der Waals surface area (Å²) < 4.78 is 5.81. The van der Waals surface area contributed by atoms with Gasteiger partial charge in [0.05, 0.1) is 24.2 Å². The van der Waals surface area contributed by atoms with E-state index in [2.05, 4.69) is 40.7 Å². The molecular formula is C39H54O7. The number of aliphatic carboxylic acids is 1. The molecule has 1 aromatic rings. The zero-order chi connectivity index (χ0) is 33.5. The summed E-state index contributed by atoms with van der Waals surface area (Å²) in [6.45, 7) is 13.7. The van der Waals surface area contributed by atoms with E-state index >= 15 is 0 Å². The van der Waals surface area contributed by atoms with Crippen molar-refractivity contribution < 1.29 is 34.8 Å². The predicted molar refractivity (Wildman–Crippen MR) is 176 cm³/mol. The van der Waals surface area contributed by atoms with Crippen LogP contribution >= 0.6 is 0 Å². The van der Waals surface area contributed by atoms with Crippen molar-refractivity contribution in [1.82, 2.24) is 0 Å². The third-order valence-electron chi connectivity index (χ3n) is 14.6. The van der Waals surface area contributed by atoms with Crippen molar-refractivity contribution in [2.45, 2.75) is 112 Å². The quantitative estimate of drug-likeness (QED) is 0.154. The number of allylic oxidation sites excluding steroid dienone is 2. The molecule has 4 saturated carbocycles. The van der Waals surface area contributed by atoms with E-state index in [0.29, 0.717) is 12.8 Å². The van der Waals surface area contributed by atoms with Crippen LogP contribution in [0.1, 0.15) is 105 Å². The topological polar surface area (TPSA) is 124 Å². The summed E-state index contributed by atoms with van der Waals surface area (Å²) in [7, 11) is 0. The largest absolute Gasteiger partial charge is 0.508 e. The second-order valence-electron chi connectivity index (χ2n) is 17.4. The van der Waals surface area contributed by atoms with Gasteiger partial charge in [0.2, 0.25) is 0 Å². The molecule has 1 aromatic carbocycles. The fourth-order valence-electron chi connectivity index (χ4n) is 11.8. The van der Waals surface area contributed by atoms with Crippen LogP contribution in [0.5, 0.6) is 5.75 Å². The van der Waals surface area contributed by atoms with Crippen LogP contribution in [0.15, 0.2) is 42.0 Å². The average molecular weight is 635 g/mol. The van der Waals surface area contributed by atoms with Gasteiger partial charge in [0.1, 0.15) is 5.75 Å². The number of aliphatic hydroxyl groups is 2. The van der Waals surface area contributed by atoms with Crippen LogP contribution in [0.3, 0.4) is 0 Å². The highest BCUT2D eigenvalue weighted by Crippen LogP contribution is 2.75. The summed E-state index contributed by atoms with van der Waals surface area (Å²) in [6, 6.07) is 6.53. The number of carbonyl (C=O) groups is 2. The smallest absolute Gasteiger partial charge is 0.330 e. The van der Waals surface area contributed by atoms with E-state index in [9.17, 15) is 30.0 Å². The number of aromatic hydroxyl groups is 1. The van der Waals surface area contributed by atoms with Crippen LogP contribution in [-0.2, 0) is 14.3 Å². The maximum absolute atomic E-state index is 12.9. The van der Waals surface area contributed by atoms with Gasteiger partial charge in [0.25, 0.3) is 0 Å². The van der Waals surface area contributed by atoms with Crippen LogP contribution in [0, 0.1) is 50.2 Å². The maximum atomic E-state index is 12.9. The minimum Gasteiger partial charge on any atom is -0.508 e. The molecule has 5 aliphatic carbocycles. The van der Waals surface area contributed by atoms with Crippen LogP contribution in [0.25, 0.3) is 6.08 Å². The first-order chi connectivity index (χ1) is 21.4. The number of esters is 1. The van der Waals surface area contributed by atoms with E-state index in [1.165, 1.54) is 11.6 Å². The molecule has 4 fully saturated rings. The molecule has 0 aromatic heterocycles. The van der Waals surface area contributed by atoms with Crippen molar-refractivity contribution in [1.29, 1.82) is 0 Å². The summed E-state index contributed by atoms with van der Waals surface area (Å²) in [4.78, 5) is 25.8. The molecule has 0 heterocycles. The fourth-order valence-corrected chi connectivity index (χ4v) is 11.8. The van der Waals surface area contributed by atoms with Crippen LogP contribution in [-0.4, -0.2) is 51.2 Å². The normalized spacial score (nSPS) is 44.6. The second-order valence-corrected chi connectivity index (χ2v) is 17.4. The molecule has 4 N–H and O–H groups in total. The van der Waals surface area contributed by atoms with E-state index in [0.717, 1.165) is 50.5 Å². The Morgan fingerprint density at radius 2 is 1.59 bits per heavy atom. The van der Waals surface area contributed by atoms with Gasteiger partial charge in [0.15, 0.2) is 0 Å². The monoisotopic (exact) mass is 634 g/mol. The molecule has 0 bridgehead atoms. The number of ether oxygens (including phenoxy) is 1. The molecule has 10 atom stereocenters. The van der Waals surface area contributed by atoms with Gasteiger partial charge in [-0.05, 0) is 121 Å². The molecule has 7 heteroatoms. The maximum Gasteiger partial charge on any atom is 0.330 e. The van der Waals surface area contributed by atoms with Crippen molar-refractivity contribution in [3.05, 3.63) is 47.6 Å². The van der Waals surface area contributed by atoms with E-state index in [1.807, 2.05) is 6.92 Å². The molecular weight excluding hydrogens is 580 g/mol. The van der Waals surface area contributed by atoms with Crippen molar-refractivity contribution in [2.24, 2.45) is 50.2 Å². The fraction of sp³-hybridized carbons (Fsp3) is 0.692. The number of hydrogen-bond acceptors (Lipinski definition) is 6. The SMILES string of the molecule is CC1(C)CC[C@]2(C(=O)O)CC[C@]3(C)C(=CC[C@@H]4[C@@]5(C)C[C@@H](O)[C@H](O)[C@@](C)(COC(=O)/C=C/c6ccc(O)cc6)[C@@H]5CC[C@]43C)[C@@H]2C1. The van der Waals surface area contributed by atoms with Crippen LogP contribution in [0.2, 0.25) is 0 Å². The van der Waals surface area contributed by atoms with Gasteiger partial charge in [-0.15, -0.1) is 0 Å². The Hall–Kier alpha value is -2.64. The third kappa shape index (κ3) is 4.81. The Balaban J connectivity index is 1.30. The zero-order valence-electron chi connectivity index (χ0n) is 28.5. The minimum atomic E-state index is -1.02. The highest BCUT2D eigenvalue weighted by Gasteiger charge is 2.70. The van der Waals surface area contributed by atoms with Crippen molar-refractivity contribution in [3.8, 4) is 5.75 Å². The molecule has 46 heavy (non-hydrogen) atoms. The van der Waals surface area contributed by atoms with Gasteiger partial charge in [-0.3, -0.25) is 4.79 Å². The van der Waals surface area contributed by atoms with Crippen molar-refractivity contribution >= 4 is 18.0 Å². The minimum absolute atomic E-state index is 0.00428. The van der Waals surface area contributed by atoms with Crippen molar-refractivity contribution in [2.75, 3.05) is 6.61 Å². The van der Waals surface area contributed by atoms with Gasteiger partial charge in [0, 0.05) is 11.5 Å². The molecule has 0 unspecified atom stereocenters. The summed E-state index contributed by atoms with van der Waals surface area (Å²) in [5.41, 5.74) is 0.147. The number of phenolic OH excluding ortho intramolecular Hbond substituents is 1. The number of hydrogen-bond donors (Lipinski definition) is 4. The molecule has 0 spiro atoms. The molecule has 0 radical (unpaired) electrons. The first kappa shape index (κ1) is 33.3. The van der Waals surface area contributed by atoms with Gasteiger partial charge in [-0.2, -0.15) is 0 Å². The number of fused-ring (bicyclic) bond motifs is 7. The van der Waals surface area contributed by atoms with E-state index in [1.54, 1.807) is 30.3 Å². The lowest BCUT2D eigenvalue weighted by Crippen LogP contribution is -2.68. The Morgan fingerprint density at radius 3 is 2.26 bits per heavy atom. The Kier molecular flexibility index (Phi) is 7.92. The molecule has 0 saturated heterocycles. The average Bonchev–Trinajstić information content (AvgIpc) is 2.98. The number of carbonyl (C=O) groups excluding carboxylic acids is 1. The third-order valence-corrected chi connectivity index (χ3v) is 14.6. The molecule has 252 valence electrons. The van der Waals surface area contributed by atoms with E-state index in [4.69, 9.17) is 4.74 Å². The highest BCUT2D eigenvalue weighted by molar-refractivity contribution is 5.87. The van der Waals surface area contributed by atoms with Gasteiger partial charge in [-0.25, -0.2) is 4.79 Å². The van der Waals surface area contributed by atoms with E-state index in [-0.39, 0.29) is 51.8 Å². The molecule has 0 amide bonds. The number of carboxylic acid groups (broad SMARTS) is 1. The zero-order valence-corrected chi connectivity index (χ0v) is 28.5. The lowest BCUT2D eigenvalue weighted by atomic mass is 9.33. The second kappa shape index (κ2) is 10.9. The molecule has 5 aliphatic rings. The first-order valence-electron chi connectivity index (χ1n) is 17.4. The van der Waals surface area contributed by atoms with Crippen molar-refractivity contribution in [3.63, 3.8) is 0 Å². The summed E-state index contributed by atoms with van der Waals surface area (Å²) >= 11 is 0. The summed E-state index contributed by atoms with van der Waals surface area (Å²) in [5, 5.41) is 43.1. The van der Waals surface area contributed by atoms with Gasteiger partial charge in [-0.1, -0.05) is 65.3 Å². The molecule has 6 rings (SSSR count). The number of phenols is 1. The van der Waals surface area contributed by atoms with Crippen LogP contribution in [0.4, 0.5) is 0 Å². The first-order valence-corrected chi connectivity index (χ1v) is 17.4. The number of aliphatic hydroxyl groups excluding tert-OH is 2. The summed E-state index contributed by atoms with van der Waals surface area (Å²) in [6.07, 6.45) is 10.7. The van der Waals surface area contributed by atoms with Gasteiger partial charge < -0.3 is 25.2 Å². The standard InChI is InChI=1S/C39H54O7/c1-34(2)17-19-39(33(44)45)20-18-37(5)26(27(39)21-34)12-13-30-35(3)22-28(41)32(43)36(4,29(35)15-16-38(30,37)6)23-46-31(42)14-9-24-7-10-25(40)11-8-24/h7-12,14,27-30,32,40-41,43H,13,15-23H2,1-6H3,(H,44,45)/b14-9+/t27-,28+,29+,30+,32-,35-,36-,37+,38+,39-/m0/s1. The van der Waals surface area contributed by atoms with Crippen LogP contribution < -0.4 is 0 Å². The number of carboxylic acids is 1. The molecule has 7 nitrogen and oxygen atoms in total.